The molecule has 1 N–H and O–H groups in total. The van der Waals surface area contributed by atoms with Crippen molar-refractivity contribution in [3.63, 3.8) is 0 Å². The Balaban J connectivity index is 1.35. The van der Waals surface area contributed by atoms with E-state index in [0.717, 1.165) is 27.8 Å². The minimum Gasteiger partial charge on any atom is -0.445 e. The van der Waals surface area contributed by atoms with Crippen molar-refractivity contribution >= 4 is 11.9 Å². The highest BCUT2D eigenvalue weighted by molar-refractivity contribution is 6.21. The zero-order valence-electron chi connectivity index (χ0n) is 15.1. The van der Waals surface area contributed by atoms with Gasteiger partial charge in [-0.3, -0.25) is 4.79 Å². The van der Waals surface area contributed by atoms with E-state index in [9.17, 15) is 9.59 Å². The molecule has 1 aliphatic carbocycles. The molecule has 1 aliphatic rings. The molecule has 0 saturated carbocycles. The van der Waals surface area contributed by atoms with Crippen molar-refractivity contribution in [1.82, 2.24) is 5.32 Å². The van der Waals surface area contributed by atoms with Crippen molar-refractivity contribution in [3.05, 3.63) is 95.1 Å². The number of ketones is 1. The van der Waals surface area contributed by atoms with Crippen LogP contribution in [-0.2, 0) is 11.3 Å². The summed E-state index contributed by atoms with van der Waals surface area (Å²) in [4.78, 5) is 24.2. The van der Waals surface area contributed by atoms with Crippen molar-refractivity contribution in [2.24, 2.45) is 0 Å². The van der Waals surface area contributed by atoms with E-state index in [-0.39, 0.29) is 18.9 Å². The maximum absolute atomic E-state index is 12.5. The Hall–Kier alpha value is -3.84. The third-order valence-corrected chi connectivity index (χ3v) is 4.49. The standard InChI is InChI=1S/C24H17NO3/c26-23-21-11-5-4-10-19(21)20-13-12-17(15-22(20)23)9-6-14-25-24(27)28-16-18-7-2-1-3-8-18/h1-5,7-8,10-13,15H,14,16H2,(H,25,27). The van der Waals surface area contributed by atoms with E-state index >= 15 is 0 Å². The summed E-state index contributed by atoms with van der Waals surface area (Å²) in [6.07, 6.45) is -0.516. The molecule has 136 valence electrons. The van der Waals surface area contributed by atoms with Crippen LogP contribution >= 0.6 is 0 Å². The number of benzene rings is 3. The first-order valence-corrected chi connectivity index (χ1v) is 8.94. The number of carbonyl (C=O) groups excluding carboxylic acids is 2. The van der Waals surface area contributed by atoms with Crippen LogP contribution in [0, 0.1) is 11.8 Å². The highest BCUT2D eigenvalue weighted by Crippen LogP contribution is 2.36. The van der Waals surface area contributed by atoms with Gasteiger partial charge < -0.3 is 10.1 Å². The second-order valence-corrected chi connectivity index (χ2v) is 6.35. The van der Waals surface area contributed by atoms with Crippen molar-refractivity contribution in [2.75, 3.05) is 6.54 Å². The fourth-order valence-corrected chi connectivity index (χ4v) is 3.14. The summed E-state index contributed by atoms with van der Waals surface area (Å²) in [5.74, 6) is 5.89. The number of alkyl carbamates (subject to hydrolysis) is 1. The molecule has 28 heavy (non-hydrogen) atoms. The van der Waals surface area contributed by atoms with Gasteiger partial charge in [0, 0.05) is 16.7 Å². The number of ether oxygens (including phenoxy) is 1. The Morgan fingerprint density at radius 2 is 1.57 bits per heavy atom. The van der Waals surface area contributed by atoms with Gasteiger partial charge in [-0.15, -0.1) is 0 Å². The van der Waals surface area contributed by atoms with E-state index in [0.29, 0.717) is 5.56 Å². The largest absolute Gasteiger partial charge is 0.445 e. The zero-order chi connectivity index (χ0) is 19.3. The van der Waals surface area contributed by atoms with Crippen molar-refractivity contribution in [1.29, 1.82) is 0 Å². The molecule has 1 amide bonds. The van der Waals surface area contributed by atoms with E-state index in [4.69, 9.17) is 4.74 Å². The predicted octanol–water partition coefficient (Wildman–Crippen LogP) is 4.18. The first kappa shape index (κ1) is 17.6. The molecule has 0 spiro atoms. The van der Waals surface area contributed by atoms with E-state index in [1.165, 1.54) is 0 Å². The third kappa shape index (κ3) is 3.65. The number of fused-ring (bicyclic) bond motifs is 3. The van der Waals surface area contributed by atoms with E-state index < -0.39 is 6.09 Å². The molecule has 3 aromatic rings. The van der Waals surface area contributed by atoms with Crippen molar-refractivity contribution in [3.8, 4) is 23.0 Å². The maximum atomic E-state index is 12.5. The molecule has 0 aliphatic heterocycles. The fourth-order valence-electron chi connectivity index (χ4n) is 3.14. The van der Waals surface area contributed by atoms with Gasteiger partial charge in [0.25, 0.3) is 0 Å². The normalized spacial score (nSPS) is 11.1. The molecular weight excluding hydrogens is 350 g/mol. The number of hydrogen-bond acceptors (Lipinski definition) is 3. The van der Waals surface area contributed by atoms with Gasteiger partial charge in [-0.2, -0.15) is 0 Å². The monoisotopic (exact) mass is 367 g/mol. The first-order chi connectivity index (χ1) is 13.7. The lowest BCUT2D eigenvalue weighted by Gasteiger charge is -2.04. The Kier molecular flexibility index (Phi) is 4.90. The van der Waals surface area contributed by atoms with Crippen LogP contribution in [0.3, 0.4) is 0 Å². The van der Waals surface area contributed by atoms with Crippen LogP contribution in [0.1, 0.15) is 27.0 Å². The van der Waals surface area contributed by atoms with Gasteiger partial charge in [-0.05, 0) is 28.8 Å². The van der Waals surface area contributed by atoms with Crippen LogP contribution in [0.4, 0.5) is 4.79 Å². The summed E-state index contributed by atoms with van der Waals surface area (Å²) in [7, 11) is 0. The second-order valence-electron chi connectivity index (χ2n) is 6.35. The molecule has 0 unspecified atom stereocenters. The summed E-state index contributed by atoms with van der Waals surface area (Å²) in [6, 6.07) is 22.7. The topological polar surface area (TPSA) is 55.4 Å². The lowest BCUT2D eigenvalue weighted by molar-refractivity contribution is 0.104. The van der Waals surface area contributed by atoms with E-state index in [1.807, 2.05) is 66.7 Å². The first-order valence-electron chi connectivity index (χ1n) is 8.94. The Labute approximate surface area is 163 Å². The van der Waals surface area contributed by atoms with Gasteiger partial charge in [0.05, 0.1) is 6.54 Å². The van der Waals surface area contributed by atoms with Crippen molar-refractivity contribution in [2.45, 2.75) is 6.61 Å². The van der Waals surface area contributed by atoms with Gasteiger partial charge in [0.1, 0.15) is 6.61 Å². The number of amides is 1. The lowest BCUT2D eigenvalue weighted by atomic mass is 10.0. The van der Waals surface area contributed by atoms with Crippen molar-refractivity contribution < 1.29 is 14.3 Å². The quantitative estimate of drug-likeness (QED) is 0.553. The molecule has 0 radical (unpaired) electrons. The average Bonchev–Trinajstić information content (AvgIpc) is 3.03. The minimum atomic E-state index is -0.516. The molecule has 0 atom stereocenters. The van der Waals surface area contributed by atoms with Gasteiger partial charge in [-0.25, -0.2) is 4.79 Å². The molecule has 0 fully saturated rings. The highest BCUT2D eigenvalue weighted by atomic mass is 16.5. The van der Waals surface area contributed by atoms with Gasteiger partial charge in [0.15, 0.2) is 5.78 Å². The van der Waals surface area contributed by atoms with Gasteiger partial charge in [0.2, 0.25) is 0 Å². The van der Waals surface area contributed by atoms with E-state index in [1.54, 1.807) is 6.07 Å². The molecule has 0 bridgehead atoms. The summed E-state index contributed by atoms with van der Waals surface area (Å²) in [6.45, 7) is 0.381. The second kappa shape index (κ2) is 7.81. The predicted molar refractivity (Wildman–Crippen MR) is 107 cm³/mol. The SMILES string of the molecule is O=C(NCC#Cc1ccc2c(c1)C(=O)c1ccccc1-2)OCc1ccccc1. The number of carbonyl (C=O) groups is 2. The molecule has 3 aromatic carbocycles. The lowest BCUT2D eigenvalue weighted by Crippen LogP contribution is -2.24. The zero-order valence-corrected chi connectivity index (χ0v) is 15.1. The Bertz CT molecular complexity index is 1110. The number of nitrogens with one attached hydrogen (secondary N) is 1. The van der Waals surface area contributed by atoms with Gasteiger partial charge in [-0.1, -0.05) is 72.5 Å². The highest BCUT2D eigenvalue weighted by Gasteiger charge is 2.25. The third-order valence-electron chi connectivity index (χ3n) is 4.49. The maximum Gasteiger partial charge on any atom is 0.408 e. The molecule has 0 saturated heterocycles. The Morgan fingerprint density at radius 1 is 0.857 bits per heavy atom. The van der Waals surface area contributed by atoms with Crippen LogP contribution in [0.5, 0.6) is 0 Å². The van der Waals surface area contributed by atoms with Gasteiger partial charge >= 0.3 is 6.09 Å². The summed E-state index contributed by atoms with van der Waals surface area (Å²) < 4.78 is 5.13. The minimum absolute atomic E-state index is 0.0249. The number of rotatable bonds is 3. The molecule has 0 heterocycles. The molecule has 0 aromatic heterocycles. The summed E-state index contributed by atoms with van der Waals surface area (Å²) in [5.41, 5.74) is 4.96. The fraction of sp³-hybridized carbons (Fsp3) is 0.0833. The van der Waals surface area contributed by atoms with Crippen LogP contribution in [0.25, 0.3) is 11.1 Å². The molecule has 4 heteroatoms. The van der Waals surface area contributed by atoms with E-state index in [2.05, 4.69) is 17.2 Å². The summed E-state index contributed by atoms with van der Waals surface area (Å²) in [5, 5.41) is 2.60. The average molecular weight is 367 g/mol. The van der Waals surface area contributed by atoms with Crippen LogP contribution in [0.2, 0.25) is 0 Å². The molecule has 4 rings (SSSR count). The van der Waals surface area contributed by atoms with Crippen LogP contribution < -0.4 is 5.32 Å². The number of hydrogen-bond donors (Lipinski definition) is 1. The smallest absolute Gasteiger partial charge is 0.408 e. The Morgan fingerprint density at radius 3 is 2.39 bits per heavy atom. The molecular formula is C24H17NO3. The van der Waals surface area contributed by atoms with Crippen LogP contribution in [-0.4, -0.2) is 18.4 Å². The summed E-state index contributed by atoms with van der Waals surface area (Å²) >= 11 is 0. The molecule has 4 nitrogen and oxygen atoms in total. The van der Waals surface area contributed by atoms with Crippen LogP contribution in [0.15, 0.2) is 72.8 Å².